The maximum atomic E-state index is 12.8. The molecule has 0 radical (unpaired) electrons. The molecule has 1 fully saturated rings. The van der Waals surface area contributed by atoms with Gasteiger partial charge < -0.3 is 10.6 Å². The van der Waals surface area contributed by atoms with Gasteiger partial charge in [-0.25, -0.2) is 0 Å². The van der Waals surface area contributed by atoms with Crippen LogP contribution in [-0.2, 0) is 4.79 Å². The van der Waals surface area contributed by atoms with Crippen molar-refractivity contribution in [3.63, 3.8) is 0 Å². The number of carbonyl (C=O) groups excluding carboxylic acids is 1. The highest BCUT2D eigenvalue weighted by Gasteiger charge is 2.30. The van der Waals surface area contributed by atoms with Gasteiger partial charge in [0.1, 0.15) is 0 Å². The molecule has 3 rings (SSSR count). The molecule has 2 heterocycles. The lowest BCUT2D eigenvalue weighted by molar-refractivity contribution is -0.137. The van der Waals surface area contributed by atoms with Gasteiger partial charge in [-0.3, -0.25) is 9.48 Å². The Balaban J connectivity index is 1.58. The van der Waals surface area contributed by atoms with E-state index in [1.165, 1.54) is 0 Å². The Morgan fingerprint density at radius 1 is 1.29 bits per heavy atom. The summed E-state index contributed by atoms with van der Waals surface area (Å²) in [5.74, 6) is -0.0748. The highest BCUT2D eigenvalue weighted by Crippen LogP contribution is 2.27. The molecule has 128 valence electrons. The van der Waals surface area contributed by atoms with Crippen LogP contribution in [0.2, 0.25) is 0 Å². The molecule has 1 saturated heterocycles. The number of hydrogen-bond acceptors (Lipinski definition) is 3. The van der Waals surface area contributed by atoms with Gasteiger partial charge in [-0.05, 0) is 34.3 Å². The number of benzene rings is 1. The van der Waals surface area contributed by atoms with Crippen molar-refractivity contribution in [1.82, 2.24) is 14.7 Å². The zero-order valence-electron chi connectivity index (χ0n) is 13.8. The van der Waals surface area contributed by atoms with Gasteiger partial charge in [-0.2, -0.15) is 5.10 Å². The molecule has 1 aromatic carbocycles. The molecule has 0 aliphatic carbocycles. The average Bonchev–Trinajstić information content (AvgIpc) is 3.07. The average molecular weight is 391 g/mol. The van der Waals surface area contributed by atoms with E-state index < -0.39 is 0 Å². The monoisotopic (exact) mass is 390 g/mol. The van der Waals surface area contributed by atoms with Crippen LogP contribution >= 0.6 is 15.9 Å². The summed E-state index contributed by atoms with van der Waals surface area (Å²) in [5, 5.41) is 4.36. The zero-order valence-corrected chi connectivity index (χ0v) is 15.4. The molecule has 6 heteroatoms. The molecule has 2 atom stereocenters. The Morgan fingerprint density at radius 3 is 2.54 bits per heavy atom. The van der Waals surface area contributed by atoms with Crippen LogP contribution in [0.1, 0.15) is 37.4 Å². The molecule has 0 spiro atoms. The van der Waals surface area contributed by atoms with E-state index in [1.807, 2.05) is 53.0 Å². The first kappa shape index (κ1) is 17.2. The van der Waals surface area contributed by atoms with Crippen LogP contribution in [0.5, 0.6) is 0 Å². The van der Waals surface area contributed by atoms with Crippen LogP contribution in [0.15, 0.2) is 47.2 Å². The van der Waals surface area contributed by atoms with Gasteiger partial charge in [0, 0.05) is 25.3 Å². The largest absolute Gasteiger partial charge is 0.342 e. The summed E-state index contributed by atoms with van der Waals surface area (Å²) in [4.78, 5) is 14.7. The number of likely N-dealkylation sites (tertiary alicyclic amines) is 1. The Hall–Kier alpha value is -1.66. The number of carbonyl (C=O) groups is 1. The SMILES string of the molecule is CC(C(=O)N1CCC(n2cc(Br)cn2)CC1)C(N)c1ccccc1. The van der Waals surface area contributed by atoms with Crippen LogP contribution in [0.25, 0.3) is 0 Å². The first-order chi connectivity index (χ1) is 11.6. The molecule has 2 aromatic rings. The molecular weight excluding hydrogens is 368 g/mol. The van der Waals surface area contributed by atoms with Crippen molar-refractivity contribution < 1.29 is 4.79 Å². The van der Waals surface area contributed by atoms with Crippen molar-refractivity contribution in [2.24, 2.45) is 11.7 Å². The Bertz CT molecular complexity index is 679. The first-order valence-corrected chi connectivity index (χ1v) is 9.14. The maximum Gasteiger partial charge on any atom is 0.227 e. The number of halogens is 1. The van der Waals surface area contributed by atoms with Crippen molar-refractivity contribution in [1.29, 1.82) is 0 Å². The van der Waals surface area contributed by atoms with E-state index in [0.717, 1.165) is 36.0 Å². The molecule has 1 amide bonds. The van der Waals surface area contributed by atoms with E-state index in [2.05, 4.69) is 21.0 Å². The summed E-state index contributed by atoms with van der Waals surface area (Å²) in [6.45, 7) is 3.44. The Labute approximate surface area is 151 Å². The molecule has 1 aliphatic heterocycles. The smallest absolute Gasteiger partial charge is 0.227 e. The number of nitrogens with two attached hydrogens (primary N) is 1. The fourth-order valence-corrected chi connectivity index (χ4v) is 3.57. The number of hydrogen-bond donors (Lipinski definition) is 1. The minimum Gasteiger partial charge on any atom is -0.342 e. The van der Waals surface area contributed by atoms with Crippen LogP contribution in [0, 0.1) is 5.92 Å². The van der Waals surface area contributed by atoms with Gasteiger partial charge in [-0.15, -0.1) is 0 Å². The quantitative estimate of drug-likeness (QED) is 0.871. The molecule has 2 unspecified atom stereocenters. The second-order valence-corrected chi connectivity index (χ2v) is 7.34. The fraction of sp³-hybridized carbons (Fsp3) is 0.444. The molecule has 2 N–H and O–H groups in total. The molecule has 0 saturated carbocycles. The summed E-state index contributed by atoms with van der Waals surface area (Å²) in [5.41, 5.74) is 7.31. The molecule has 24 heavy (non-hydrogen) atoms. The standard InChI is InChI=1S/C18H23BrN4O/c1-13(17(20)14-5-3-2-4-6-14)18(24)22-9-7-16(8-10-22)23-12-15(19)11-21-23/h2-6,11-13,16-17H,7-10,20H2,1H3. The van der Waals surface area contributed by atoms with Crippen LogP contribution in [0.3, 0.4) is 0 Å². The second-order valence-electron chi connectivity index (χ2n) is 6.42. The summed E-state index contributed by atoms with van der Waals surface area (Å²) in [6, 6.07) is 9.94. The van der Waals surface area contributed by atoms with E-state index in [0.29, 0.717) is 6.04 Å². The number of amides is 1. The van der Waals surface area contributed by atoms with Crippen LogP contribution in [-0.4, -0.2) is 33.7 Å². The predicted octanol–water partition coefficient (Wildman–Crippen LogP) is 3.15. The molecule has 0 bridgehead atoms. The topological polar surface area (TPSA) is 64.2 Å². The summed E-state index contributed by atoms with van der Waals surface area (Å²) in [7, 11) is 0. The highest BCUT2D eigenvalue weighted by molar-refractivity contribution is 9.10. The predicted molar refractivity (Wildman–Crippen MR) is 97.3 cm³/mol. The minimum atomic E-state index is -0.265. The zero-order chi connectivity index (χ0) is 17.1. The Kier molecular flexibility index (Phi) is 5.36. The first-order valence-electron chi connectivity index (χ1n) is 8.35. The van der Waals surface area contributed by atoms with Gasteiger partial charge in [0.2, 0.25) is 5.91 Å². The third-order valence-corrected chi connectivity index (χ3v) is 5.24. The highest BCUT2D eigenvalue weighted by atomic mass is 79.9. The van der Waals surface area contributed by atoms with Crippen LogP contribution in [0.4, 0.5) is 0 Å². The number of aromatic nitrogens is 2. The van der Waals surface area contributed by atoms with Crippen molar-refractivity contribution in [2.75, 3.05) is 13.1 Å². The molecular formula is C18H23BrN4O. The van der Waals surface area contributed by atoms with E-state index in [9.17, 15) is 4.79 Å². The fourth-order valence-electron chi connectivity index (χ4n) is 3.27. The van der Waals surface area contributed by atoms with Crippen molar-refractivity contribution in [3.05, 3.63) is 52.8 Å². The van der Waals surface area contributed by atoms with Crippen LogP contribution < -0.4 is 5.73 Å². The van der Waals surface area contributed by atoms with Crippen molar-refractivity contribution in [3.8, 4) is 0 Å². The number of rotatable bonds is 4. The van der Waals surface area contributed by atoms with Gasteiger partial charge in [0.05, 0.1) is 22.6 Å². The Morgan fingerprint density at radius 2 is 1.96 bits per heavy atom. The molecule has 1 aromatic heterocycles. The third-order valence-electron chi connectivity index (χ3n) is 4.83. The van der Waals surface area contributed by atoms with Crippen molar-refractivity contribution in [2.45, 2.75) is 31.8 Å². The summed E-state index contributed by atoms with van der Waals surface area (Å²) < 4.78 is 2.98. The van der Waals surface area contributed by atoms with Gasteiger partial charge in [0.15, 0.2) is 0 Å². The lowest BCUT2D eigenvalue weighted by atomic mass is 9.93. The summed E-state index contributed by atoms with van der Waals surface area (Å²) in [6.07, 6.45) is 5.65. The van der Waals surface area contributed by atoms with E-state index in [4.69, 9.17) is 5.73 Å². The molecule has 1 aliphatic rings. The van der Waals surface area contributed by atoms with Gasteiger partial charge >= 0.3 is 0 Å². The van der Waals surface area contributed by atoms with Gasteiger partial charge in [0.25, 0.3) is 0 Å². The number of nitrogens with zero attached hydrogens (tertiary/aromatic N) is 3. The van der Waals surface area contributed by atoms with Crippen molar-refractivity contribution >= 4 is 21.8 Å². The van der Waals surface area contributed by atoms with E-state index in [1.54, 1.807) is 6.20 Å². The third kappa shape index (κ3) is 3.70. The normalized spacial score (nSPS) is 18.4. The minimum absolute atomic E-state index is 0.145. The number of piperidine rings is 1. The lowest BCUT2D eigenvalue weighted by Gasteiger charge is -2.34. The van der Waals surface area contributed by atoms with E-state index >= 15 is 0 Å². The van der Waals surface area contributed by atoms with Gasteiger partial charge in [-0.1, -0.05) is 37.3 Å². The maximum absolute atomic E-state index is 12.8. The lowest BCUT2D eigenvalue weighted by Crippen LogP contribution is -2.44. The summed E-state index contributed by atoms with van der Waals surface area (Å²) >= 11 is 3.43. The second kappa shape index (κ2) is 7.49. The van der Waals surface area contributed by atoms with E-state index in [-0.39, 0.29) is 17.9 Å². The molecule has 5 nitrogen and oxygen atoms in total.